The van der Waals surface area contributed by atoms with Crippen LogP contribution in [0.3, 0.4) is 0 Å². The van der Waals surface area contributed by atoms with Gasteiger partial charge in [-0.05, 0) is 34.9 Å². The summed E-state index contributed by atoms with van der Waals surface area (Å²) in [5, 5.41) is 25.2. The number of fused-ring (bicyclic) bond motifs is 2. The quantitative estimate of drug-likeness (QED) is 0.477. The number of nitrogens with one attached hydrogen (secondary N) is 2. The molecule has 3 N–H and O–H groups in total. The fourth-order valence-electron chi connectivity index (χ4n) is 4.53. The third-order valence-electron chi connectivity index (χ3n) is 6.13. The molecule has 0 amide bonds. The average Bonchev–Trinajstić information content (AvgIpc) is 3.54. The SMILES string of the molecule is CN1N=C(c2ccc(Cn3cccn3)cc2)C(O)C1c1nc2cc3c(cc2[nH]1)CNC3. The van der Waals surface area contributed by atoms with E-state index in [0.29, 0.717) is 12.3 Å². The fourth-order valence-corrected chi connectivity index (χ4v) is 4.53. The zero-order valence-corrected chi connectivity index (χ0v) is 17.2. The van der Waals surface area contributed by atoms with E-state index in [1.165, 1.54) is 11.1 Å². The molecule has 0 radical (unpaired) electrons. The van der Waals surface area contributed by atoms with E-state index in [0.717, 1.165) is 41.1 Å². The van der Waals surface area contributed by atoms with E-state index < -0.39 is 6.10 Å². The van der Waals surface area contributed by atoms with Gasteiger partial charge in [-0.2, -0.15) is 10.2 Å². The predicted molar refractivity (Wildman–Crippen MR) is 117 cm³/mol. The largest absolute Gasteiger partial charge is 0.384 e. The number of aromatic nitrogens is 4. The van der Waals surface area contributed by atoms with Gasteiger partial charge in [0, 0.05) is 38.1 Å². The Morgan fingerprint density at radius 2 is 1.94 bits per heavy atom. The predicted octanol–water partition coefficient (Wildman–Crippen LogP) is 2.16. The van der Waals surface area contributed by atoms with E-state index in [9.17, 15) is 5.11 Å². The van der Waals surface area contributed by atoms with Crippen molar-refractivity contribution >= 4 is 16.7 Å². The van der Waals surface area contributed by atoms with Gasteiger partial charge < -0.3 is 15.4 Å². The summed E-state index contributed by atoms with van der Waals surface area (Å²) in [7, 11) is 1.88. The van der Waals surface area contributed by atoms with Gasteiger partial charge in [0.1, 0.15) is 18.0 Å². The number of hydrogen-bond donors (Lipinski definition) is 3. The number of imidazole rings is 1. The normalized spacial score (nSPS) is 20.5. The van der Waals surface area contributed by atoms with Gasteiger partial charge in [-0.3, -0.25) is 9.69 Å². The standard InChI is InChI=1S/C23H23N7O/c1-29-21(23-26-18-9-16-11-24-12-17(16)10-19(18)27-23)22(31)20(28-29)15-5-3-14(4-6-15)13-30-8-2-7-25-30/h2-10,21-22,24,31H,11-13H2,1H3,(H,26,27). The van der Waals surface area contributed by atoms with Crippen molar-refractivity contribution < 1.29 is 5.11 Å². The summed E-state index contributed by atoms with van der Waals surface area (Å²) < 4.78 is 1.88. The molecule has 2 aliphatic rings. The highest BCUT2D eigenvalue weighted by atomic mass is 16.3. The number of hydrazone groups is 1. The number of H-pyrrole nitrogens is 1. The van der Waals surface area contributed by atoms with Gasteiger partial charge >= 0.3 is 0 Å². The van der Waals surface area contributed by atoms with Crippen molar-refractivity contribution in [3.63, 3.8) is 0 Å². The van der Waals surface area contributed by atoms with Gasteiger partial charge in [0.25, 0.3) is 0 Å². The zero-order chi connectivity index (χ0) is 20.9. The van der Waals surface area contributed by atoms with E-state index in [4.69, 9.17) is 4.98 Å². The lowest BCUT2D eigenvalue weighted by Gasteiger charge is -2.19. The van der Waals surface area contributed by atoms with Gasteiger partial charge in [-0.1, -0.05) is 24.3 Å². The summed E-state index contributed by atoms with van der Waals surface area (Å²) in [4.78, 5) is 8.20. The third kappa shape index (κ3) is 3.11. The van der Waals surface area contributed by atoms with Crippen LogP contribution in [0.15, 0.2) is 60.0 Å². The van der Waals surface area contributed by atoms with Gasteiger partial charge in [0.2, 0.25) is 0 Å². The number of hydrogen-bond acceptors (Lipinski definition) is 6. The lowest BCUT2D eigenvalue weighted by molar-refractivity contribution is 0.134. The molecule has 2 aromatic carbocycles. The van der Waals surface area contributed by atoms with Crippen LogP contribution in [0.1, 0.15) is 34.1 Å². The van der Waals surface area contributed by atoms with E-state index in [1.54, 1.807) is 11.2 Å². The van der Waals surface area contributed by atoms with E-state index in [2.05, 4.69) is 44.8 Å². The molecule has 0 spiro atoms. The highest BCUT2D eigenvalue weighted by Gasteiger charge is 2.38. The molecule has 4 heterocycles. The molecule has 31 heavy (non-hydrogen) atoms. The zero-order valence-electron chi connectivity index (χ0n) is 17.2. The second-order valence-electron chi connectivity index (χ2n) is 8.21. The molecular weight excluding hydrogens is 390 g/mol. The monoisotopic (exact) mass is 413 g/mol. The van der Waals surface area contributed by atoms with Gasteiger partial charge in [-0.25, -0.2) is 4.98 Å². The molecule has 2 unspecified atom stereocenters. The van der Waals surface area contributed by atoms with Crippen molar-refractivity contribution in [2.24, 2.45) is 5.10 Å². The molecular formula is C23H23N7O. The molecule has 8 heteroatoms. The van der Waals surface area contributed by atoms with E-state index in [-0.39, 0.29) is 6.04 Å². The van der Waals surface area contributed by atoms with Crippen molar-refractivity contribution in [2.75, 3.05) is 7.05 Å². The summed E-state index contributed by atoms with van der Waals surface area (Å²) in [6.07, 6.45) is 2.95. The Bertz CT molecular complexity index is 1230. The second kappa shape index (κ2) is 7.04. The van der Waals surface area contributed by atoms with Crippen LogP contribution < -0.4 is 5.32 Å². The van der Waals surface area contributed by atoms with Crippen LogP contribution in [0.5, 0.6) is 0 Å². The maximum Gasteiger partial charge on any atom is 0.136 e. The summed E-state index contributed by atoms with van der Waals surface area (Å²) >= 11 is 0. The summed E-state index contributed by atoms with van der Waals surface area (Å²) in [5.41, 5.74) is 7.22. The number of aliphatic hydroxyl groups is 1. The number of aromatic amines is 1. The minimum absolute atomic E-state index is 0.348. The molecule has 0 fully saturated rings. The topological polar surface area (TPSA) is 94.4 Å². The maximum absolute atomic E-state index is 11.1. The summed E-state index contributed by atoms with van der Waals surface area (Å²) in [6, 6.07) is 14.0. The molecule has 8 nitrogen and oxygen atoms in total. The lowest BCUT2D eigenvalue weighted by atomic mass is 9.99. The molecule has 0 saturated heterocycles. The first kappa shape index (κ1) is 18.3. The van der Waals surface area contributed by atoms with Crippen molar-refractivity contribution in [1.82, 2.24) is 30.1 Å². The smallest absolute Gasteiger partial charge is 0.136 e. The summed E-state index contributed by atoms with van der Waals surface area (Å²) in [5.74, 6) is 0.732. The molecule has 0 bridgehead atoms. The number of aliphatic hydroxyl groups excluding tert-OH is 1. The Kier molecular flexibility index (Phi) is 4.15. The molecule has 2 aromatic heterocycles. The van der Waals surface area contributed by atoms with Gasteiger partial charge in [0.05, 0.1) is 23.3 Å². The average molecular weight is 413 g/mol. The van der Waals surface area contributed by atoms with Crippen LogP contribution in [0.25, 0.3) is 11.0 Å². The number of benzene rings is 2. The molecule has 2 atom stereocenters. The fraction of sp³-hybridized carbons (Fsp3) is 0.261. The Balaban J connectivity index is 1.26. The first-order chi connectivity index (χ1) is 15.2. The third-order valence-corrected chi connectivity index (χ3v) is 6.13. The Morgan fingerprint density at radius 3 is 2.71 bits per heavy atom. The first-order valence-corrected chi connectivity index (χ1v) is 10.4. The Labute approximate surface area is 179 Å². The highest BCUT2D eigenvalue weighted by Crippen LogP contribution is 2.32. The van der Waals surface area contributed by atoms with Crippen LogP contribution in [-0.2, 0) is 19.6 Å². The summed E-state index contributed by atoms with van der Waals surface area (Å²) in [6.45, 7) is 2.47. The molecule has 2 aliphatic heterocycles. The molecule has 4 aromatic rings. The molecule has 6 rings (SSSR count). The maximum atomic E-state index is 11.1. The number of likely N-dealkylation sites (N-methyl/N-ethyl adjacent to an activating group) is 1. The van der Waals surface area contributed by atoms with E-state index in [1.807, 2.05) is 36.1 Å². The van der Waals surface area contributed by atoms with Crippen LogP contribution in [0.4, 0.5) is 0 Å². The molecule has 0 aliphatic carbocycles. The highest BCUT2D eigenvalue weighted by molar-refractivity contribution is 6.05. The first-order valence-electron chi connectivity index (χ1n) is 10.4. The van der Waals surface area contributed by atoms with Crippen molar-refractivity contribution in [2.45, 2.75) is 31.8 Å². The van der Waals surface area contributed by atoms with Crippen molar-refractivity contribution in [3.8, 4) is 0 Å². The van der Waals surface area contributed by atoms with Gasteiger partial charge in [-0.15, -0.1) is 0 Å². The Morgan fingerprint density at radius 1 is 1.13 bits per heavy atom. The second-order valence-corrected chi connectivity index (χ2v) is 8.21. The van der Waals surface area contributed by atoms with Crippen molar-refractivity contribution in [3.05, 3.63) is 82.9 Å². The van der Waals surface area contributed by atoms with Crippen LogP contribution in [-0.4, -0.2) is 48.7 Å². The number of rotatable bonds is 4. The minimum Gasteiger partial charge on any atom is -0.384 e. The lowest BCUT2D eigenvalue weighted by Crippen LogP contribution is -2.29. The van der Waals surface area contributed by atoms with Crippen LogP contribution >= 0.6 is 0 Å². The minimum atomic E-state index is -0.768. The number of nitrogens with zero attached hydrogens (tertiary/aromatic N) is 5. The van der Waals surface area contributed by atoms with E-state index >= 15 is 0 Å². The molecule has 156 valence electrons. The van der Waals surface area contributed by atoms with Crippen molar-refractivity contribution in [1.29, 1.82) is 0 Å². The van der Waals surface area contributed by atoms with Crippen LogP contribution in [0.2, 0.25) is 0 Å². The van der Waals surface area contributed by atoms with Crippen LogP contribution in [0, 0.1) is 0 Å². The van der Waals surface area contributed by atoms with Gasteiger partial charge in [0.15, 0.2) is 0 Å². The molecule has 0 saturated carbocycles. The Hall–Kier alpha value is -3.49.